The quantitative estimate of drug-likeness (QED) is 0.287. The third-order valence-corrected chi connectivity index (χ3v) is 5.17. The molecule has 0 saturated carbocycles. The van der Waals surface area contributed by atoms with Gasteiger partial charge in [-0.2, -0.15) is 11.8 Å². The molecule has 3 amide bonds. The van der Waals surface area contributed by atoms with E-state index < -0.39 is 54.0 Å². The summed E-state index contributed by atoms with van der Waals surface area (Å²) in [5, 5.41) is 24.3. The largest absolute Gasteiger partial charge is 0.480 e. The molecule has 5 unspecified atom stereocenters. The normalized spacial score (nSPS) is 20.8. The van der Waals surface area contributed by atoms with Gasteiger partial charge in [0.2, 0.25) is 17.7 Å². The van der Waals surface area contributed by atoms with Crippen molar-refractivity contribution < 1.29 is 29.4 Å². The van der Waals surface area contributed by atoms with Crippen LogP contribution >= 0.6 is 11.8 Å². The zero-order valence-electron chi connectivity index (χ0n) is 16.4. The van der Waals surface area contributed by atoms with Crippen molar-refractivity contribution >= 4 is 35.5 Å². The molecule has 6 N–H and O–H groups in total. The molecule has 1 rings (SSSR count). The SMILES string of the molecule is CSCCC(NC(=O)C(C)N)C(=O)NC(C(=O)N1CCCC1C(=O)O)C(C)O. The number of carbonyl (C=O) groups is 4. The highest BCUT2D eigenvalue weighted by atomic mass is 32.2. The monoisotopic (exact) mass is 418 g/mol. The highest BCUT2D eigenvalue weighted by molar-refractivity contribution is 7.98. The Morgan fingerprint density at radius 1 is 1.21 bits per heavy atom. The highest BCUT2D eigenvalue weighted by Gasteiger charge is 2.39. The number of amides is 3. The van der Waals surface area contributed by atoms with Crippen molar-refractivity contribution in [3.05, 3.63) is 0 Å². The Morgan fingerprint density at radius 2 is 1.86 bits per heavy atom. The molecule has 10 nitrogen and oxygen atoms in total. The van der Waals surface area contributed by atoms with Crippen LogP contribution in [0.1, 0.15) is 33.1 Å². The Hall–Kier alpha value is -1.85. The first kappa shape index (κ1) is 24.2. The van der Waals surface area contributed by atoms with Crippen molar-refractivity contribution in [3.63, 3.8) is 0 Å². The Balaban J connectivity index is 2.91. The zero-order chi connectivity index (χ0) is 21.4. The fourth-order valence-corrected chi connectivity index (χ4v) is 3.39. The number of nitrogens with two attached hydrogens (primary N) is 1. The maximum atomic E-state index is 12.8. The lowest BCUT2D eigenvalue weighted by Crippen LogP contribution is -2.59. The van der Waals surface area contributed by atoms with Crippen LogP contribution in [0.25, 0.3) is 0 Å². The number of thioether (sulfide) groups is 1. The summed E-state index contributed by atoms with van der Waals surface area (Å²) in [7, 11) is 0. The third kappa shape index (κ3) is 6.64. The van der Waals surface area contributed by atoms with Crippen molar-refractivity contribution in [3.8, 4) is 0 Å². The predicted octanol–water partition coefficient (Wildman–Crippen LogP) is -1.49. The summed E-state index contributed by atoms with van der Waals surface area (Å²) in [6.07, 6.45) is 1.78. The van der Waals surface area contributed by atoms with E-state index in [1.807, 2.05) is 6.26 Å². The van der Waals surface area contributed by atoms with Crippen molar-refractivity contribution in [1.29, 1.82) is 0 Å². The number of likely N-dealkylation sites (tertiary alicyclic amines) is 1. The predicted molar refractivity (Wildman–Crippen MR) is 105 cm³/mol. The number of carboxylic acids is 1. The van der Waals surface area contributed by atoms with Crippen molar-refractivity contribution in [2.45, 2.75) is 63.4 Å². The summed E-state index contributed by atoms with van der Waals surface area (Å²) >= 11 is 1.49. The molecule has 1 fully saturated rings. The Morgan fingerprint density at radius 3 is 2.36 bits per heavy atom. The van der Waals surface area contributed by atoms with Crippen LogP contribution in [0.5, 0.6) is 0 Å². The number of carbonyl (C=O) groups excluding carboxylic acids is 3. The molecule has 1 aliphatic heterocycles. The molecule has 0 spiro atoms. The molecule has 1 heterocycles. The number of rotatable bonds is 10. The molecule has 0 aromatic carbocycles. The molecule has 0 aliphatic carbocycles. The molecule has 1 saturated heterocycles. The summed E-state index contributed by atoms with van der Waals surface area (Å²) in [5.41, 5.74) is 5.53. The van der Waals surface area contributed by atoms with E-state index in [1.54, 1.807) is 0 Å². The summed E-state index contributed by atoms with van der Waals surface area (Å²) in [5.74, 6) is -2.34. The van der Waals surface area contributed by atoms with Gasteiger partial charge in [-0.15, -0.1) is 0 Å². The summed E-state index contributed by atoms with van der Waals surface area (Å²) in [6, 6.07) is -4.01. The molecule has 1 aliphatic rings. The van der Waals surface area contributed by atoms with Crippen molar-refractivity contribution in [2.24, 2.45) is 5.73 Å². The third-order valence-electron chi connectivity index (χ3n) is 4.52. The first-order chi connectivity index (χ1) is 13.1. The number of aliphatic hydroxyl groups excluding tert-OH is 1. The number of nitrogens with one attached hydrogen (secondary N) is 2. The van der Waals surface area contributed by atoms with Crippen LogP contribution in [0.15, 0.2) is 0 Å². The molecule has 11 heteroatoms. The summed E-state index contributed by atoms with van der Waals surface area (Å²) in [4.78, 5) is 49.9. The van der Waals surface area contributed by atoms with Crippen molar-refractivity contribution in [2.75, 3.05) is 18.6 Å². The number of aliphatic carboxylic acids is 1. The van der Waals surface area contributed by atoms with E-state index in [0.29, 0.717) is 25.0 Å². The lowest BCUT2D eigenvalue weighted by Gasteiger charge is -2.30. The molecule has 5 atom stereocenters. The number of hydrogen-bond acceptors (Lipinski definition) is 7. The lowest BCUT2D eigenvalue weighted by atomic mass is 10.1. The molecule has 0 aromatic heterocycles. The minimum Gasteiger partial charge on any atom is -0.480 e. The van der Waals surface area contributed by atoms with Crippen LogP contribution in [0.3, 0.4) is 0 Å². The second-order valence-electron chi connectivity index (χ2n) is 6.89. The first-order valence-electron chi connectivity index (χ1n) is 9.16. The topological polar surface area (TPSA) is 162 Å². The molecule has 0 aromatic rings. The van der Waals surface area contributed by atoms with Gasteiger partial charge < -0.3 is 31.5 Å². The van der Waals surface area contributed by atoms with E-state index in [0.717, 1.165) is 4.90 Å². The zero-order valence-corrected chi connectivity index (χ0v) is 17.2. The smallest absolute Gasteiger partial charge is 0.326 e. The number of hydrogen-bond donors (Lipinski definition) is 5. The van der Waals surface area contributed by atoms with Gasteiger partial charge in [0.1, 0.15) is 18.1 Å². The van der Waals surface area contributed by atoms with Crippen LogP contribution in [-0.2, 0) is 19.2 Å². The van der Waals surface area contributed by atoms with Gasteiger partial charge in [-0.25, -0.2) is 4.79 Å². The molecular formula is C17H30N4O6S. The Bertz CT molecular complexity index is 586. The Kier molecular flexibility index (Phi) is 9.70. The van der Waals surface area contributed by atoms with E-state index in [4.69, 9.17) is 5.73 Å². The van der Waals surface area contributed by atoms with Gasteiger partial charge in [-0.05, 0) is 45.1 Å². The van der Waals surface area contributed by atoms with Gasteiger partial charge in [0.05, 0.1) is 12.1 Å². The molecule has 0 radical (unpaired) electrons. The van der Waals surface area contributed by atoms with Crippen molar-refractivity contribution in [1.82, 2.24) is 15.5 Å². The molecular weight excluding hydrogens is 388 g/mol. The lowest BCUT2D eigenvalue weighted by molar-refractivity contribution is -0.150. The van der Waals surface area contributed by atoms with Crippen LogP contribution in [0, 0.1) is 0 Å². The van der Waals surface area contributed by atoms with Gasteiger partial charge in [0, 0.05) is 6.54 Å². The minimum atomic E-state index is -1.31. The molecule has 0 bridgehead atoms. The van der Waals surface area contributed by atoms with Gasteiger partial charge in [-0.3, -0.25) is 14.4 Å². The van der Waals surface area contributed by atoms with Crippen LogP contribution < -0.4 is 16.4 Å². The molecule has 28 heavy (non-hydrogen) atoms. The fraction of sp³-hybridized carbons (Fsp3) is 0.765. The maximum absolute atomic E-state index is 12.8. The van der Waals surface area contributed by atoms with Gasteiger partial charge in [0.25, 0.3) is 0 Å². The molecule has 160 valence electrons. The van der Waals surface area contributed by atoms with E-state index >= 15 is 0 Å². The van der Waals surface area contributed by atoms with Crippen LogP contribution in [0.2, 0.25) is 0 Å². The van der Waals surface area contributed by atoms with E-state index in [-0.39, 0.29) is 6.54 Å². The second kappa shape index (κ2) is 11.2. The van der Waals surface area contributed by atoms with Gasteiger partial charge >= 0.3 is 5.97 Å². The van der Waals surface area contributed by atoms with Gasteiger partial charge in [-0.1, -0.05) is 0 Å². The van der Waals surface area contributed by atoms with E-state index in [1.165, 1.54) is 25.6 Å². The number of aliphatic hydroxyl groups is 1. The average molecular weight is 419 g/mol. The summed E-state index contributed by atoms with van der Waals surface area (Å²) in [6.45, 7) is 3.07. The number of nitrogens with zero attached hydrogens (tertiary/aromatic N) is 1. The second-order valence-corrected chi connectivity index (χ2v) is 7.87. The Labute approximate surface area is 168 Å². The van der Waals surface area contributed by atoms with E-state index in [2.05, 4.69) is 10.6 Å². The highest BCUT2D eigenvalue weighted by Crippen LogP contribution is 2.19. The standard InChI is InChI=1S/C17H30N4O6S/c1-9(18)14(23)19-11(6-8-28-3)15(24)20-13(10(2)22)16(25)21-7-4-5-12(21)17(26)27/h9-13,22H,4-8,18H2,1-3H3,(H,19,23)(H,20,24)(H,26,27). The average Bonchev–Trinajstić information content (AvgIpc) is 3.11. The fourth-order valence-electron chi connectivity index (χ4n) is 2.92. The first-order valence-corrected chi connectivity index (χ1v) is 10.6. The van der Waals surface area contributed by atoms with Gasteiger partial charge in [0.15, 0.2) is 0 Å². The van der Waals surface area contributed by atoms with E-state index in [9.17, 15) is 29.4 Å². The van der Waals surface area contributed by atoms with Crippen LogP contribution in [0.4, 0.5) is 0 Å². The minimum absolute atomic E-state index is 0.242. The maximum Gasteiger partial charge on any atom is 0.326 e. The van der Waals surface area contributed by atoms with Crippen LogP contribution in [-0.4, -0.2) is 87.6 Å². The summed E-state index contributed by atoms with van der Waals surface area (Å²) < 4.78 is 0. The number of carboxylic acid groups (broad SMARTS) is 1.